The molecule has 23 heavy (non-hydrogen) atoms. The first-order valence-electron chi connectivity index (χ1n) is 7.15. The normalized spacial score (nSPS) is 12.9. The van der Waals surface area contributed by atoms with E-state index < -0.39 is 0 Å². The summed E-state index contributed by atoms with van der Waals surface area (Å²) in [5.41, 5.74) is 9.90. The Labute approximate surface area is 134 Å². The third-order valence-corrected chi connectivity index (χ3v) is 3.95. The highest BCUT2D eigenvalue weighted by Crippen LogP contribution is 2.39. The maximum atomic E-state index is 11.1. The van der Waals surface area contributed by atoms with Crippen LogP contribution in [0.3, 0.4) is 0 Å². The van der Waals surface area contributed by atoms with Crippen molar-refractivity contribution in [3.05, 3.63) is 29.0 Å². The van der Waals surface area contributed by atoms with E-state index in [1.165, 1.54) is 0 Å². The van der Waals surface area contributed by atoms with E-state index in [1.807, 2.05) is 19.1 Å². The number of carbonyl (C=O) groups excluding carboxylic acids is 1. The summed E-state index contributed by atoms with van der Waals surface area (Å²) in [5.74, 6) is 1.58. The van der Waals surface area contributed by atoms with Crippen molar-refractivity contribution in [3.63, 3.8) is 0 Å². The molecule has 2 N–H and O–H groups in total. The van der Waals surface area contributed by atoms with E-state index in [-0.39, 0.29) is 5.95 Å². The third-order valence-electron chi connectivity index (χ3n) is 3.95. The van der Waals surface area contributed by atoms with E-state index in [2.05, 4.69) is 9.97 Å². The lowest BCUT2D eigenvalue weighted by Gasteiger charge is -2.15. The van der Waals surface area contributed by atoms with Crippen LogP contribution < -0.4 is 15.2 Å². The van der Waals surface area contributed by atoms with Gasteiger partial charge in [-0.2, -0.15) is 0 Å². The summed E-state index contributed by atoms with van der Waals surface area (Å²) in [4.78, 5) is 21.3. The highest BCUT2D eigenvalue weighted by Gasteiger charge is 2.26. The monoisotopic (exact) mass is 314 g/mol. The fraction of sp³-hybridized carbons (Fsp3) is 0.312. The number of carbonyl (C=O) groups is 1. The molecule has 7 nitrogen and oxygen atoms in total. The Morgan fingerprint density at radius 1 is 1.17 bits per heavy atom. The molecule has 0 aliphatic carbocycles. The number of rotatable bonds is 4. The summed E-state index contributed by atoms with van der Waals surface area (Å²) < 4.78 is 10.9. The number of benzene rings is 1. The first kappa shape index (κ1) is 15.1. The van der Waals surface area contributed by atoms with Gasteiger partial charge in [-0.05, 0) is 24.6 Å². The second-order valence-electron chi connectivity index (χ2n) is 5.39. The fourth-order valence-electron chi connectivity index (χ4n) is 2.83. The minimum Gasteiger partial charge on any atom is -0.496 e. The number of aromatic nitrogens is 2. The molecule has 2 aromatic rings. The zero-order valence-electron chi connectivity index (χ0n) is 13.3. The number of nitrogen functional groups attached to an aromatic ring is 1. The van der Waals surface area contributed by atoms with Gasteiger partial charge in [0.05, 0.1) is 32.2 Å². The summed E-state index contributed by atoms with van der Waals surface area (Å²) in [6.45, 7) is 2.83. The molecule has 1 amide bonds. The topological polar surface area (TPSA) is 90.6 Å². The largest absolute Gasteiger partial charge is 0.496 e. The van der Waals surface area contributed by atoms with Crippen molar-refractivity contribution >= 4 is 12.4 Å². The van der Waals surface area contributed by atoms with Crippen molar-refractivity contribution in [3.8, 4) is 22.8 Å². The van der Waals surface area contributed by atoms with Gasteiger partial charge in [0.2, 0.25) is 12.4 Å². The van der Waals surface area contributed by atoms with Gasteiger partial charge in [-0.1, -0.05) is 0 Å². The molecule has 1 aliphatic heterocycles. The number of nitrogens with two attached hydrogens (primary N) is 1. The molecule has 120 valence electrons. The predicted molar refractivity (Wildman–Crippen MR) is 85.0 cm³/mol. The van der Waals surface area contributed by atoms with Crippen LogP contribution in [-0.4, -0.2) is 35.5 Å². The van der Waals surface area contributed by atoms with Crippen LogP contribution in [0.15, 0.2) is 12.1 Å². The van der Waals surface area contributed by atoms with Gasteiger partial charge in [0.25, 0.3) is 0 Å². The van der Waals surface area contributed by atoms with Crippen LogP contribution in [0.5, 0.6) is 11.5 Å². The molecular formula is C16H18N4O3. The van der Waals surface area contributed by atoms with Gasteiger partial charge in [0.1, 0.15) is 11.5 Å². The van der Waals surface area contributed by atoms with E-state index in [4.69, 9.17) is 15.2 Å². The summed E-state index contributed by atoms with van der Waals surface area (Å²) in [7, 11) is 3.22. The Morgan fingerprint density at radius 3 is 2.57 bits per heavy atom. The van der Waals surface area contributed by atoms with E-state index in [1.54, 1.807) is 19.1 Å². The molecule has 0 unspecified atom stereocenters. The number of nitrogens with zero attached hydrogens (tertiary/aromatic N) is 3. The third kappa shape index (κ3) is 2.54. The second kappa shape index (κ2) is 5.75. The highest BCUT2D eigenvalue weighted by molar-refractivity contribution is 5.75. The molecule has 0 radical (unpaired) electrons. The van der Waals surface area contributed by atoms with Gasteiger partial charge >= 0.3 is 0 Å². The molecule has 1 aromatic heterocycles. The Hall–Kier alpha value is -2.83. The van der Waals surface area contributed by atoms with Crippen molar-refractivity contribution < 1.29 is 14.3 Å². The lowest BCUT2D eigenvalue weighted by atomic mass is 10.0. The van der Waals surface area contributed by atoms with E-state index in [0.717, 1.165) is 34.5 Å². The summed E-state index contributed by atoms with van der Waals surface area (Å²) in [6, 6.07) is 3.77. The molecule has 0 bridgehead atoms. The van der Waals surface area contributed by atoms with Crippen LogP contribution in [0.2, 0.25) is 0 Å². The predicted octanol–water partition coefficient (Wildman–Crippen LogP) is 1.52. The van der Waals surface area contributed by atoms with Gasteiger partial charge < -0.3 is 20.1 Å². The Balaban J connectivity index is 2.22. The second-order valence-corrected chi connectivity index (χ2v) is 5.39. The van der Waals surface area contributed by atoms with Gasteiger partial charge in [-0.15, -0.1) is 0 Å². The molecule has 0 atom stereocenters. The zero-order valence-corrected chi connectivity index (χ0v) is 13.3. The van der Waals surface area contributed by atoms with Crippen LogP contribution >= 0.6 is 0 Å². The van der Waals surface area contributed by atoms with Crippen LogP contribution in [0.4, 0.5) is 5.95 Å². The summed E-state index contributed by atoms with van der Waals surface area (Å²) in [5, 5.41) is 0. The number of ether oxygens (including phenoxy) is 2. The lowest BCUT2D eigenvalue weighted by Crippen LogP contribution is -2.12. The fourth-order valence-corrected chi connectivity index (χ4v) is 2.83. The molecule has 0 saturated heterocycles. The van der Waals surface area contributed by atoms with Crippen LogP contribution in [0.1, 0.15) is 16.8 Å². The summed E-state index contributed by atoms with van der Waals surface area (Å²) in [6.07, 6.45) is 0.800. The molecule has 2 heterocycles. The smallest absolute Gasteiger partial charge is 0.220 e. The number of aryl methyl sites for hydroxylation is 1. The first-order chi connectivity index (χ1) is 11.1. The maximum Gasteiger partial charge on any atom is 0.220 e. The molecule has 3 rings (SSSR count). The molecular weight excluding hydrogens is 296 g/mol. The quantitative estimate of drug-likeness (QED) is 0.861. The minimum absolute atomic E-state index is 0.174. The standard InChI is InChI=1S/C16H18N4O3/c1-9-4-14(23-3)10(5-13(9)22-2)15-11-6-20(8-21)7-12(11)18-16(17)19-15/h4-5,8H,6-7H2,1-3H3,(H2,17,18,19). The summed E-state index contributed by atoms with van der Waals surface area (Å²) >= 11 is 0. The van der Waals surface area contributed by atoms with Crippen molar-refractivity contribution in [2.75, 3.05) is 20.0 Å². The van der Waals surface area contributed by atoms with Crippen LogP contribution in [-0.2, 0) is 17.9 Å². The van der Waals surface area contributed by atoms with Gasteiger partial charge in [0, 0.05) is 17.7 Å². The maximum absolute atomic E-state index is 11.1. The van der Waals surface area contributed by atoms with Gasteiger partial charge in [0.15, 0.2) is 0 Å². The molecule has 0 saturated carbocycles. The number of fused-ring (bicyclic) bond motifs is 1. The molecule has 0 spiro atoms. The van der Waals surface area contributed by atoms with Gasteiger partial charge in [-0.25, -0.2) is 9.97 Å². The lowest BCUT2D eigenvalue weighted by molar-refractivity contribution is -0.118. The molecule has 1 aliphatic rings. The number of amides is 1. The SMILES string of the molecule is COc1cc(-c2nc(N)nc3c2CN(C=O)C3)c(OC)cc1C. The van der Waals surface area contributed by atoms with Crippen LogP contribution in [0.25, 0.3) is 11.3 Å². The zero-order chi connectivity index (χ0) is 16.6. The molecule has 0 fully saturated rings. The van der Waals surface area contributed by atoms with Crippen molar-refractivity contribution in [2.24, 2.45) is 0 Å². The number of hydrogen-bond donors (Lipinski definition) is 1. The number of anilines is 1. The van der Waals surface area contributed by atoms with E-state index in [0.29, 0.717) is 24.5 Å². The Morgan fingerprint density at radius 2 is 1.91 bits per heavy atom. The Kier molecular flexibility index (Phi) is 3.77. The van der Waals surface area contributed by atoms with E-state index in [9.17, 15) is 4.79 Å². The van der Waals surface area contributed by atoms with E-state index >= 15 is 0 Å². The number of methoxy groups -OCH3 is 2. The van der Waals surface area contributed by atoms with Crippen molar-refractivity contribution in [1.82, 2.24) is 14.9 Å². The van der Waals surface area contributed by atoms with Crippen molar-refractivity contribution in [2.45, 2.75) is 20.0 Å². The van der Waals surface area contributed by atoms with Crippen LogP contribution in [0, 0.1) is 6.92 Å². The van der Waals surface area contributed by atoms with Gasteiger partial charge in [-0.3, -0.25) is 4.79 Å². The average molecular weight is 314 g/mol. The number of hydrogen-bond acceptors (Lipinski definition) is 6. The average Bonchev–Trinajstić information content (AvgIpc) is 2.96. The Bertz CT molecular complexity index is 776. The minimum atomic E-state index is 0.174. The van der Waals surface area contributed by atoms with Crippen molar-refractivity contribution in [1.29, 1.82) is 0 Å². The highest BCUT2D eigenvalue weighted by atomic mass is 16.5. The first-order valence-corrected chi connectivity index (χ1v) is 7.15. The molecule has 7 heteroatoms. The molecule has 1 aromatic carbocycles.